The Kier molecular flexibility index (Phi) is 4.24. The van der Waals surface area contributed by atoms with Gasteiger partial charge < -0.3 is 24.3 Å². The molecule has 0 bridgehead atoms. The average molecular weight is 193 g/mol. The van der Waals surface area contributed by atoms with Gasteiger partial charge in [-0.2, -0.15) is 0 Å². The van der Waals surface area contributed by atoms with E-state index in [-0.39, 0.29) is 5.59 Å². The molecule has 10 heteroatoms. The van der Waals surface area contributed by atoms with Crippen LogP contribution in [0, 0.1) is 0 Å². The molecule has 0 amide bonds. The Morgan fingerprint density at radius 1 is 1.50 bits per heavy atom. The minimum Gasteiger partial charge on any atom is -0.502 e. The summed E-state index contributed by atoms with van der Waals surface area (Å²) in [5, 5.41) is 17.2. The van der Waals surface area contributed by atoms with Crippen LogP contribution in [0.25, 0.3) is 0 Å². The monoisotopic (exact) mass is 193 g/mol. The fraction of sp³-hybridized carbons (Fsp3) is 0. The first-order chi connectivity index (χ1) is 6.75. The third-order valence-electron chi connectivity index (χ3n) is 1.21. The first-order valence-electron chi connectivity index (χ1n) is 3.44. The summed E-state index contributed by atoms with van der Waals surface area (Å²) >= 11 is 0. The highest BCUT2D eigenvalue weighted by atomic mass is 16.6. The van der Waals surface area contributed by atoms with Gasteiger partial charge in [-0.3, -0.25) is 4.79 Å². The smallest absolute Gasteiger partial charge is 0.469 e. The van der Waals surface area contributed by atoms with Crippen molar-refractivity contribution >= 4 is 28.4 Å². The highest BCUT2D eigenvalue weighted by Gasteiger charge is 2.09. The SMILES string of the molecule is O=c1[nH]cnc([B]O[B]O[B]O)c1O. The Bertz CT molecular complexity index is 344. The molecule has 3 radical (unpaired) electrons. The number of aromatic nitrogens is 2. The van der Waals surface area contributed by atoms with Gasteiger partial charge in [0.05, 0.1) is 11.9 Å². The summed E-state index contributed by atoms with van der Waals surface area (Å²) in [5.74, 6) is -0.561. The Morgan fingerprint density at radius 3 is 3.00 bits per heavy atom. The lowest BCUT2D eigenvalue weighted by Gasteiger charge is -2.00. The number of hydrogen-bond donors (Lipinski definition) is 3. The van der Waals surface area contributed by atoms with Crippen molar-refractivity contribution in [3.8, 4) is 5.75 Å². The van der Waals surface area contributed by atoms with E-state index in [2.05, 4.69) is 19.1 Å². The van der Waals surface area contributed by atoms with E-state index in [4.69, 9.17) is 10.1 Å². The Labute approximate surface area is 81.0 Å². The van der Waals surface area contributed by atoms with Crippen molar-refractivity contribution in [1.29, 1.82) is 0 Å². The van der Waals surface area contributed by atoms with Gasteiger partial charge in [0.15, 0.2) is 5.75 Å². The van der Waals surface area contributed by atoms with Gasteiger partial charge in [-0.25, -0.2) is 4.98 Å². The zero-order valence-corrected chi connectivity index (χ0v) is 6.88. The first-order valence-corrected chi connectivity index (χ1v) is 3.44. The zero-order chi connectivity index (χ0) is 10.4. The summed E-state index contributed by atoms with van der Waals surface area (Å²) < 4.78 is 8.74. The van der Waals surface area contributed by atoms with Crippen molar-refractivity contribution in [3.05, 3.63) is 16.7 Å². The Balaban J connectivity index is 2.51. The number of aromatic hydroxyl groups is 1. The van der Waals surface area contributed by atoms with Gasteiger partial charge in [0.25, 0.3) is 5.56 Å². The molecule has 14 heavy (non-hydrogen) atoms. The predicted molar refractivity (Wildman–Crippen MR) is 47.8 cm³/mol. The third kappa shape index (κ3) is 2.91. The fourth-order valence-corrected chi connectivity index (χ4v) is 0.642. The van der Waals surface area contributed by atoms with Gasteiger partial charge in [-0.15, -0.1) is 0 Å². The van der Waals surface area contributed by atoms with E-state index < -0.39 is 11.3 Å². The number of aromatic amines is 1. The van der Waals surface area contributed by atoms with Crippen molar-refractivity contribution < 1.29 is 19.3 Å². The second-order valence-electron chi connectivity index (χ2n) is 2.06. The molecular weight excluding hydrogens is 188 g/mol. The van der Waals surface area contributed by atoms with E-state index in [0.717, 1.165) is 21.5 Å². The minimum absolute atomic E-state index is 0.0495. The van der Waals surface area contributed by atoms with Crippen molar-refractivity contribution in [3.63, 3.8) is 0 Å². The van der Waals surface area contributed by atoms with Crippen LogP contribution in [-0.4, -0.2) is 43.0 Å². The van der Waals surface area contributed by atoms with E-state index in [0.29, 0.717) is 7.69 Å². The van der Waals surface area contributed by atoms with E-state index in [9.17, 15) is 4.79 Å². The second-order valence-corrected chi connectivity index (χ2v) is 2.06. The molecule has 0 aromatic carbocycles. The standard InChI is InChI=1S/C4H4B3N2O5/c10-2-3(5-13-7-14-6-12)8-1-9-4(2)11/h1,10,12H,(H,8,9,11). The van der Waals surface area contributed by atoms with Crippen LogP contribution in [0.3, 0.4) is 0 Å². The third-order valence-corrected chi connectivity index (χ3v) is 1.21. The topological polar surface area (TPSA) is 105 Å². The van der Waals surface area contributed by atoms with E-state index >= 15 is 0 Å². The normalized spacial score (nSPS) is 9.50. The summed E-state index contributed by atoms with van der Waals surface area (Å²) in [6.45, 7) is 0. The van der Waals surface area contributed by atoms with Gasteiger partial charge in [0.1, 0.15) is 0 Å². The Morgan fingerprint density at radius 2 is 2.29 bits per heavy atom. The van der Waals surface area contributed by atoms with Crippen molar-refractivity contribution in [2.75, 3.05) is 0 Å². The summed E-state index contributed by atoms with van der Waals surface area (Å²) in [7, 11) is 2.16. The first kappa shape index (κ1) is 10.8. The van der Waals surface area contributed by atoms with Gasteiger partial charge in [-0.1, -0.05) is 0 Å². The largest absolute Gasteiger partial charge is 0.502 e. The molecule has 0 spiro atoms. The van der Waals surface area contributed by atoms with Crippen LogP contribution in [0.2, 0.25) is 0 Å². The molecule has 0 saturated heterocycles. The summed E-state index contributed by atoms with van der Waals surface area (Å²) in [4.78, 5) is 16.6. The van der Waals surface area contributed by atoms with Crippen LogP contribution in [0.4, 0.5) is 0 Å². The molecule has 0 aliphatic carbocycles. The van der Waals surface area contributed by atoms with Crippen molar-refractivity contribution in [1.82, 2.24) is 9.97 Å². The molecule has 1 rings (SSSR count). The van der Waals surface area contributed by atoms with Crippen LogP contribution in [0.1, 0.15) is 0 Å². The van der Waals surface area contributed by atoms with Gasteiger partial charge in [0, 0.05) is 0 Å². The van der Waals surface area contributed by atoms with Crippen LogP contribution < -0.4 is 11.2 Å². The maximum atomic E-state index is 10.8. The maximum absolute atomic E-state index is 10.8. The molecule has 0 atom stereocenters. The highest BCUT2D eigenvalue weighted by Crippen LogP contribution is 1.88. The molecule has 3 N–H and O–H groups in total. The number of H-pyrrole nitrogens is 1. The van der Waals surface area contributed by atoms with Gasteiger partial charge in [-0.05, 0) is 0 Å². The average Bonchev–Trinajstić information content (AvgIpc) is 2.19. The van der Waals surface area contributed by atoms with Crippen LogP contribution in [0.5, 0.6) is 5.75 Å². The molecular formula is C4H4B3N2O5. The van der Waals surface area contributed by atoms with Crippen LogP contribution in [-0.2, 0) is 9.14 Å². The number of nitrogens with one attached hydrogen (secondary N) is 1. The van der Waals surface area contributed by atoms with Crippen molar-refractivity contribution in [2.24, 2.45) is 0 Å². The number of rotatable bonds is 5. The molecule has 0 unspecified atom stereocenters. The lowest BCUT2D eigenvalue weighted by molar-refractivity contribution is 0.421. The number of hydrogen-bond acceptors (Lipinski definition) is 6. The summed E-state index contributed by atoms with van der Waals surface area (Å²) in [5.41, 5.74) is -0.726. The Hall–Kier alpha value is -1.25. The quantitative estimate of drug-likeness (QED) is 0.336. The van der Waals surface area contributed by atoms with Crippen molar-refractivity contribution in [2.45, 2.75) is 0 Å². The molecule has 69 valence electrons. The molecule has 1 aromatic rings. The highest BCUT2D eigenvalue weighted by molar-refractivity contribution is 6.53. The fourth-order valence-electron chi connectivity index (χ4n) is 0.642. The van der Waals surface area contributed by atoms with Gasteiger partial charge in [0.2, 0.25) is 0 Å². The van der Waals surface area contributed by atoms with E-state index in [1.165, 1.54) is 0 Å². The molecule has 1 heterocycles. The zero-order valence-electron chi connectivity index (χ0n) is 6.88. The van der Waals surface area contributed by atoms with Crippen LogP contribution >= 0.6 is 0 Å². The molecule has 0 fully saturated rings. The van der Waals surface area contributed by atoms with E-state index in [1.54, 1.807) is 0 Å². The number of nitrogens with zero attached hydrogens (tertiary/aromatic N) is 1. The molecule has 0 saturated carbocycles. The maximum Gasteiger partial charge on any atom is 0.469 e. The lowest BCUT2D eigenvalue weighted by Crippen LogP contribution is -2.29. The van der Waals surface area contributed by atoms with E-state index in [1.807, 2.05) is 0 Å². The minimum atomic E-state index is -0.676. The van der Waals surface area contributed by atoms with Crippen LogP contribution in [0.15, 0.2) is 11.1 Å². The molecule has 0 aliphatic heterocycles. The summed E-state index contributed by atoms with van der Waals surface area (Å²) in [6.07, 6.45) is 1.11. The predicted octanol–water partition coefficient (Wildman–Crippen LogP) is -3.19. The van der Waals surface area contributed by atoms with Gasteiger partial charge >= 0.3 is 22.9 Å². The molecule has 7 nitrogen and oxygen atoms in total. The second kappa shape index (κ2) is 5.48. The molecule has 1 aromatic heterocycles. The molecule has 0 aliphatic rings. The lowest BCUT2D eigenvalue weighted by atomic mass is 9.92. The summed E-state index contributed by atoms with van der Waals surface area (Å²) in [6, 6.07) is 0.